The largest absolute Gasteiger partial charge is 0.461 e. The Hall–Kier alpha value is -1.49. The molecular formula is C20H28N2O2S. The van der Waals surface area contributed by atoms with E-state index in [-0.39, 0.29) is 17.5 Å². The zero-order chi connectivity index (χ0) is 18.0. The normalized spacial score (nSPS) is 24.4. The van der Waals surface area contributed by atoms with Gasteiger partial charge in [0.1, 0.15) is 6.10 Å². The lowest BCUT2D eigenvalue weighted by Gasteiger charge is -2.41. The number of nitrogens with zero attached hydrogens (tertiary/aromatic N) is 1. The summed E-state index contributed by atoms with van der Waals surface area (Å²) in [5, 5.41) is 0.766. The fourth-order valence-corrected chi connectivity index (χ4v) is 4.45. The highest BCUT2D eigenvalue weighted by Crippen LogP contribution is 2.41. The fourth-order valence-electron chi connectivity index (χ4n) is 3.78. The van der Waals surface area contributed by atoms with Crippen molar-refractivity contribution in [2.75, 3.05) is 5.75 Å². The monoisotopic (exact) mass is 360 g/mol. The summed E-state index contributed by atoms with van der Waals surface area (Å²) in [6.07, 6.45) is 3.37. The van der Waals surface area contributed by atoms with E-state index in [1.807, 2.05) is 24.3 Å². The molecule has 0 saturated heterocycles. The summed E-state index contributed by atoms with van der Waals surface area (Å²) >= 11 is 1.41. The molecule has 0 radical (unpaired) electrons. The van der Waals surface area contributed by atoms with Gasteiger partial charge in [0.15, 0.2) is 5.16 Å². The number of nitrogens with one attached hydrogen (secondary N) is 1. The van der Waals surface area contributed by atoms with Gasteiger partial charge in [-0.15, -0.1) is 0 Å². The van der Waals surface area contributed by atoms with Crippen LogP contribution in [0.1, 0.15) is 47.0 Å². The van der Waals surface area contributed by atoms with E-state index < -0.39 is 0 Å². The molecule has 1 aliphatic carbocycles. The number of imidazole rings is 1. The molecule has 1 aromatic heterocycles. The fraction of sp³-hybridized carbons (Fsp3) is 0.600. The predicted octanol–water partition coefficient (Wildman–Crippen LogP) is 5.05. The number of fused-ring (bicyclic) bond motifs is 1. The molecule has 3 rings (SSSR count). The molecule has 0 unspecified atom stereocenters. The van der Waals surface area contributed by atoms with E-state index in [9.17, 15) is 4.79 Å². The lowest BCUT2D eigenvalue weighted by molar-refractivity contribution is -0.154. The van der Waals surface area contributed by atoms with Gasteiger partial charge in [-0.25, -0.2) is 4.98 Å². The molecule has 1 aromatic carbocycles. The number of aromatic nitrogens is 2. The van der Waals surface area contributed by atoms with Crippen LogP contribution in [0.15, 0.2) is 29.4 Å². The van der Waals surface area contributed by atoms with Gasteiger partial charge in [0.05, 0.1) is 16.8 Å². The molecule has 0 aliphatic heterocycles. The number of aromatic amines is 1. The Balaban J connectivity index is 1.58. The Morgan fingerprint density at radius 1 is 1.32 bits per heavy atom. The maximum absolute atomic E-state index is 12.4. The Kier molecular flexibility index (Phi) is 5.42. The van der Waals surface area contributed by atoms with Crippen molar-refractivity contribution in [3.63, 3.8) is 0 Å². The predicted molar refractivity (Wildman–Crippen MR) is 103 cm³/mol. The van der Waals surface area contributed by atoms with Crippen LogP contribution in [0.4, 0.5) is 0 Å². The van der Waals surface area contributed by atoms with Crippen molar-refractivity contribution in [1.29, 1.82) is 0 Å². The second-order valence-electron chi connectivity index (χ2n) is 8.27. The molecule has 1 aliphatic rings. The summed E-state index contributed by atoms with van der Waals surface area (Å²) in [6.45, 7) is 9.00. The summed E-state index contributed by atoms with van der Waals surface area (Å²) in [4.78, 5) is 20.1. The number of thioether (sulfide) groups is 1. The van der Waals surface area contributed by atoms with Crippen LogP contribution < -0.4 is 0 Å². The number of carbonyl (C=O) groups is 1. The van der Waals surface area contributed by atoms with Crippen LogP contribution in [0.2, 0.25) is 0 Å². The molecule has 0 spiro atoms. The summed E-state index contributed by atoms with van der Waals surface area (Å²) in [5.74, 6) is 1.21. The smallest absolute Gasteiger partial charge is 0.316 e. The Morgan fingerprint density at radius 2 is 2.08 bits per heavy atom. The summed E-state index contributed by atoms with van der Waals surface area (Å²) < 4.78 is 5.90. The number of hydrogen-bond donors (Lipinski definition) is 1. The highest BCUT2D eigenvalue weighted by atomic mass is 32.2. The zero-order valence-electron chi connectivity index (χ0n) is 15.5. The van der Waals surface area contributed by atoms with E-state index in [0.717, 1.165) is 29.0 Å². The lowest BCUT2D eigenvalue weighted by Crippen LogP contribution is -2.40. The summed E-state index contributed by atoms with van der Waals surface area (Å²) in [7, 11) is 0. The van der Waals surface area contributed by atoms with Crippen LogP contribution >= 0.6 is 11.8 Å². The van der Waals surface area contributed by atoms with Gasteiger partial charge >= 0.3 is 5.97 Å². The molecule has 4 nitrogen and oxygen atoms in total. The maximum Gasteiger partial charge on any atom is 0.316 e. The second-order valence-corrected chi connectivity index (χ2v) is 9.23. The van der Waals surface area contributed by atoms with Crippen molar-refractivity contribution < 1.29 is 9.53 Å². The van der Waals surface area contributed by atoms with Crippen LogP contribution in [0, 0.1) is 17.3 Å². The number of ether oxygens (including phenoxy) is 1. The standard InChI is InChI=1S/C20H28N2O2S/c1-13-9-10-14(20(2,3)4)17(11-13)24-18(23)12-25-19-21-15-7-5-6-8-16(15)22-19/h5-8,13-14,17H,9-12H2,1-4H3,(H,21,22)/t13-,14+,17+/m1/s1. The molecular weight excluding hydrogens is 332 g/mol. The van der Waals surface area contributed by atoms with Crippen molar-refractivity contribution in [1.82, 2.24) is 9.97 Å². The number of para-hydroxylation sites is 2. The zero-order valence-corrected chi connectivity index (χ0v) is 16.4. The van der Waals surface area contributed by atoms with E-state index in [1.54, 1.807) is 0 Å². The summed E-state index contributed by atoms with van der Waals surface area (Å²) in [6, 6.07) is 7.89. The third-order valence-electron chi connectivity index (χ3n) is 5.14. The molecule has 1 heterocycles. The minimum atomic E-state index is -0.140. The minimum Gasteiger partial charge on any atom is -0.461 e. The number of H-pyrrole nitrogens is 1. The SMILES string of the molecule is C[C@@H]1CC[C@H](C(C)(C)C)[C@@H](OC(=O)CSc2nc3ccccc3[nH]2)C1. The van der Waals surface area contributed by atoms with Gasteiger partial charge in [-0.3, -0.25) is 4.79 Å². The van der Waals surface area contributed by atoms with Crippen molar-refractivity contribution in [2.24, 2.45) is 17.3 Å². The molecule has 25 heavy (non-hydrogen) atoms. The Morgan fingerprint density at radius 3 is 2.80 bits per heavy atom. The molecule has 3 atom stereocenters. The number of esters is 1. The maximum atomic E-state index is 12.4. The van der Waals surface area contributed by atoms with Gasteiger partial charge in [0, 0.05) is 5.92 Å². The third kappa shape index (κ3) is 4.57. The van der Waals surface area contributed by atoms with E-state index in [1.165, 1.54) is 18.2 Å². The first kappa shape index (κ1) is 18.3. The number of carbonyl (C=O) groups excluding carboxylic acids is 1. The molecule has 1 fully saturated rings. The van der Waals surface area contributed by atoms with Gasteiger partial charge in [-0.2, -0.15) is 0 Å². The Labute approximate surface area is 154 Å². The van der Waals surface area contributed by atoms with Crippen LogP contribution in [0.5, 0.6) is 0 Å². The van der Waals surface area contributed by atoms with E-state index in [4.69, 9.17) is 4.74 Å². The Bertz CT molecular complexity index is 702. The highest BCUT2D eigenvalue weighted by molar-refractivity contribution is 7.99. The molecule has 5 heteroatoms. The van der Waals surface area contributed by atoms with Gasteiger partial charge in [-0.05, 0) is 36.3 Å². The molecule has 0 bridgehead atoms. The molecule has 136 valence electrons. The molecule has 1 saturated carbocycles. The van der Waals surface area contributed by atoms with Crippen molar-refractivity contribution >= 4 is 28.8 Å². The van der Waals surface area contributed by atoms with Gasteiger partial charge in [0.2, 0.25) is 0 Å². The first-order valence-electron chi connectivity index (χ1n) is 9.10. The van der Waals surface area contributed by atoms with Crippen LogP contribution in [-0.4, -0.2) is 27.8 Å². The first-order valence-corrected chi connectivity index (χ1v) is 10.1. The van der Waals surface area contributed by atoms with Gasteiger partial charge < -0.3 is 9.72 Å². The first-order chi connectivity index (χ1) is 11.8. The van der Waals surface area contributed by atoms with Crippen LogP contribution in [0.25, 0.3) is 11.0 Å². The minimum absolute atomic E-state index is 0.0347. The average molecular weight is 361 g/mol. The van der Waals surface area contributed by atoms with Crippen molar-refractivity contribution in [3.8, 4) is 0 Å². The van der Waals surface area contributed by atoms with Gasteiger partial charge in [0.25, 0.3) is 0 Å². The van der Waals surface area contributed by atoms with E-state index in [0.29, 0.717) is 17.6 Å². The van der Waals surface area contributed by atoms with Crippen molar-refractivity contribution in [2.45, 2.75) is 58.2 Å². The van der Waals surface area contributed by atoms with Crippen LogP contribution in [0.3, 0.4) is 0 Å². The number of hydrogen-bond acceptors (Lipinski definition) is 4. The van der Waals surface area contributed by atoms with Crippen LogP contribution in [-0.2, 0) is 9.53 Å². The lowest BCUT2D eigenvalue weighted by atomic mass is 9.68. The second kappa shape index (κ2) is 7.40. The van der Waals surface area contributed by atoms with E-state index >= 15 is 0 Å². The number of benzene rings is 1. The average Bonchev–Trinajstić information content (AvgIpc) is 2.94. The molecule has 0 amide bonds. The van der Waals surface area contributed by atoms with E-state index in [2.05, 4.69) is 37.7 Å². The van der Waals surface area contributed by atoms with Gasteiger partial charge in [-0.1, -0.05) is 58.0 Å². The topological polar surface area (TPSA) is 55.0 Å². The molecule has 2 aromatic rings. The number of rotatable bonds is 4. The summed E-state index contributed by atoms with van der Waals surface area (Å²) in [5.41, 5.74) is 2.08. The molecule has 1 N–H and O–H groups in total. The highest BCUT2D eigenvalue weighted by Gasteiger charge is 2.38. The third-order valence-corrected chi connectivity index (χ3v) is 5.99. The van der Waals surface area contributed by atoms with Crippen molar-refractivity contribution in [3.05, 3.63) is 24.3 Å². The quantitative estimate of drug-likeness (QED) is 0.612.